The number of aromatic nitrogens is 4. The summed E-state index contributed by atoms with van der Waals surface area (Å²) >= 11 is 0. The van der Waals surface area contributed by atoms with Crippen molar-refractivity contribution in [3.8, 4) is 0 Å². The standard InChI is InChI=1S/C11H14N4O4/c1-6(10(17)18)4-15-5-12-8-7(15)9(16)14(3)11(19)13(8)2/h5-6H,4H2,1-3H3,(H,17,18). The van der Waals surface area contributed by atoms with Gasteiger partial charge in [-0.25, -0.2) is 9.78 Å². The van der Waals surface area contributed by atoms with E-state index < -0.39 is 23.1 Å². The molecule has 0 amide bonds. The van der Waals surface area contributed by atoms with Crippen molar-refractivity contribution >= 4 is 17.1 Å². The quantitative estimate of drug-likeness (QED) is 0.780. The van der Waals surface area contributed by atoms with E-state index in [-0.39, 0.29) is 17.7 Å². The Hall–Kier alpha value is -2.38. The third-order valence-electron chi connectivity index (χ3n) is 3.11. The lowest BCUT2D eigenvalue weighted by molar-refractivity contribution is -0.141. The van der Waals surface area contributed by atoms with Crippen LogP contribution in [-0.2, 0) is 25.4 Å². The Morgan fingerprint density at radius 3 is 2.58 bits per heavy atom. The maximum Gasteiger partial charge on any atom is 0.332 e. The van der Waals surface area contributed by atoms with Gasteiger partial charge in [0.05, 0.1) is 12.2 Å². The highest BCUT2D eigenvalue weighted by Gasteiger charge is 2.18. The van der Waals surface area contributed by atoms with Crippen LogP contribution in [0.15, 0.2) is 15.9 Å². The van der Waals surface area contributed by atoms with Crippen LogP contribution < -0.4 is 11.2 Å². The van der Waals surface area contributed by atoms with E-state index in [0.29, 0.717) is 0 Å². The molecule has 0 aliphatic carbocycles. The van der Waals surface area contributed by atoms with E-state index in [1.54, 1.807) is 6.92 Å². The van der Waals surface area contributed by atoms with Gasteiger partial charge in [-0.1, -0.05) is 6.92 Å². The van der Waals surface area contributed by atoms with Crippen LogP contribution in [0.5, 0.6) is 0 Å². The largest absolute Gasteiger partial charge is 0.481 e. The highest BCUT2D eigenvalue weighted by Crippen LogP contribution is 2.08. The fraction of sp³-hybridized carbons (Fsp3) is 0.455. The molecule has 2 aromatic heterocycles. The fourth-order valence-corrected chi connectivity index (χ4v) is 1.91. The van der Waals surface area contributed by atoms with Gasteiger partial charge in [0.1, 0.15) is 0 Å². The summed E-state index contributed by atoms with van der Waals surface area (Å²) in [6.07, 6.45) is 1.38. The van der Waals surface area contributed by atoms with Crippen molar-refractivity contribution in [3.05, 3.63) is 27.2 Å². The first-order valence-corrected chi connectivity index (χ1v) is 5.68. The first kappa shape index (κ1) is 13.1. The molecule has 1 unspecified atom stereocenters. The summed E-state index contributed by atoms with van der Waals surface area (Å²) in [5.41, 5.74) is -0.453. The Morgan fingerprint density at radius 1 is 1.37 bits per heavy atom. The molecule has 0 spiro atoms. The molecule has 0 bridgehead atoms. The van der Waals surface area contributed by atoms with Crippen molar-refractivity contribution in [2.75, 3.05) is 0 Å². The molecule has 0 aromatic carbocycles. The van der Waals surface area contributed by atoms with Gasteiger partial charge in [0, 0.05) is 20.6 Å². The lowest BCUT2D eigenvalue weighted by atomic mass is 10.2. The number of aryl methyl sites for hydroxylation is 1. The van der Waals surface area contributed by atoms with E-state index >= 15 is 0 Å². The molecule has 1 N–H and O–H groups in total. The molecule has 8 nitrogen and oxygen atoms in total. The fourth-order valence-electron chi connectivity index (χ4n) is 1.91. The summed E-state index contributed by atoms with van der Waals surface area (Å²) in [6, 6.07) is 0. The van der Waals surface area contributed by atoms with Crippen LogP contribution in [-0.4, -0.2) is 29.8 Å². The summed E-state index contributed by atoms with van der Waals surface area (Å²) in [5.74, 6) is -1.61. The minimum atomic E-state index is -0.955. The van der Waals surface area contributed by atoms with Crippen LogP contribution in [0, 0.1) is 5.92 Å². The van der Waals surface area contributed by atoms with Crippen molar-refractivity contribution in [3.63, 3.8) is 0 Å². The van der Waals surface area contributed by atoms with Gasteiger partial charge in [-0.3, -0.25) is 18.7 Å². The van der Waals surface area contributed by atoms with Gasteiger partial charge in [0.15, 0.2) is 11.2 Å². The zero-order chi connectivity index (χ0) is 14.3. The SMILES string of the molecule is CC(Cn1cnc2c1c(=O)n(C)c(=O)n2C)C(=O)O. The molecule has 2 rings (SSSR count). The second-order valence-electron chi connectivity index (χ2n) is 4.51. The van der Waals surface area contributed by atoms with Gasteiger partial charge in [-0.05, 0) is 0 Å². The second-order valence-corrected chi connectivity index (χ2v) is 4.51. The number of carboxylic acids is 1. The minimum absolute atomic E-state index is 0.124. The summed E-state index contributed by atoms with van der Waals surface area (Å²) in [4.78, 5) is 38.7. The van der Waals surface area contributed by atoms with Gasteiger partial charge < -0.3 is 9.67 Å². The van der Waals surface area contributed by atoms with Crippen LogP contribution >= 0.6 is 0 Å². The van der Waals surface area contributed by atoms with E-state index in [2.05, 4.69) is 4.98 Å². The number of imidazole rings is 1. The van der Waals surface area contributed by atoms with Gasteiger partial charge >= 0.3 is 11.7 Å². The molecule has 0 saturated heterocycles. The molecule has 19 heavy (non-hydrogen) atoms. The summed E-state index contributed by atoms with van der Waals surface area (Å²) < 4.78 is 3.71. The lowest BCUT2D eigenvalue weighted by Crippen LogP contribution is -2.37. The Labute approximate surface area is 107 Å². The monoisotopic (exact) mass is 266 g/mol. The molecular weight excluding hydrogens is 252 g/mol. The topological polar surface area (TPSA) is 99.1 Å². The number of hydrogen-bond acceptors (Lipinski definition) is 4. The Morgan fingerprint density at radius 2 is 2.00 bits per heavy atom. The van der Waals surface area contributed by atoms with E-state index in [1.807, 2.05) is 0 Å². The predicted molar refractivity (Wildman–Crippen MR) is 67.0 cm³/mol. The Kier molecular flexibility index (Phi) is 3.01. The molecule has 0 aliphatic heterocycles. The molecule has 0 aliphatic rings. The first-order chi connectivity index (χ1) is 8.84. The molecule has 0 radical (unpaired) electrons. The number of nitrogens with zero attached hydrogens (tertiary/aromatic N) is 4. The molecule has 102 valence electrons. The normalized spacial score (nSPS) is 12.8. The molecule has 0 saturated carbocycles. The van der Waals surface area contributed by atoms with E-state index in [1.165, 1.54) is 29.6 Å². The molecule has 0 fully saturated rings. The average Bonchev–Trinajstić information content (AvgIpc) is 2.77. The van der Waals surface area contributed by atoms with Crippen LogP contribution in [0.2, 0.25) is 0 Å². The van der Waals surface area contributed by atoms with Crippen molar-refractivity contribution in [1.82, 2.24) is 18.7 Å². The van der Waals surface area contributed by atoms with Crippen LogP contribution in [0.3, 0.4) is 0 Å². The highest BCUT2D eigenvalue weighted by molar-refractivity contribution is 5.72. The number of carbonyl (C=O) groups is 1. The van der Waals surface area contributed by atoms with Crippen molar-refractivity contribution < 1.29 is 9.90 Å². The summed E-state index contributed by atoms with van der Waals surface area (Å²) in [7, 11) is 2.89. The molecule has 2 aromatic rings. The van der Waals surface area contributed by atoms with Crippen molar-refractivity contribution in [2.24, 2.45) is 20.0 Å². The third-order valence-corrected chi connectivity index (χ3v) is 3.11. The molecule has 2 heterocycles. The third kappa shape index (κ3) is 1.94. The molecular formula is C11H14N4O4. The van der Waals surface area contributed by atoms with Crippen LogP contribution in [0.25, 0.3) is 11.2 Å². The average molecular weight is 266 g/mol. The zero-order valence-corrected chi connectivity index (χ0v) is 10.8. The summed E-state index contributed by atoms with van der Waals surface area (Å²) in [6.45, 7) is 1.67. The Bertz CT molecular complexity index is 767. The first-order valence-electron chi connectivity index (χ1n) is 5.68. The molecule has 1 atom stereocenters. The van der Waals surface area contributed by atoms with E-state index in [9.17, 15) is 14.4 Å². The predicted octanol–water partition coefficient (Wildman–Crippen LogP) is -0.846. The van der Waals surface area contributed by atoms with E-state index in [4.69, 9.17) is 5.11 Å². The van der Waals surface area contributed by atoms with Gasteiger partial charge in [-0.2, -0.15) is 0 Å². The maximum atomic E-state index is 12.1. The Balaban J connectivity index is 2.70. The van der Waals surface area contributed by atoms with Crippen molar-refractivity contribution in [1.29, 1.82) is 0 Å². The lowest BCUT2D eigenvalue weighted by Gasteiger charge is -2.09. The number of aliphatic carboxylic acids is 1. The number of rotatable bonds is 3. The van der Waals surface area contributed by atoms with Crippen molar-refractivity contribution in [2.45, 2.75) is 13.5 Å². The number of hydrogen-bond donors (Lipinski definition) is 1. The van der Waals surface area contributed by atoms with E-state index in [0.717, 1.165) is 4.57 Å². The number of fused-ring (bicyclic) bond motifs is 1. The minimum Gasteiger partial charge on any atom is -0.481 e. The van der Waals surface area contributed by atoms with Gasteiger partial charge in [0.2, 0.25) is 0 Å². The number of carboxylic acid groups (broad SMARTS) is 1. The summed E-state index contributed by atoms with van der Waals surface area (Å²) in [5, 5.41) is 8.90. The maximum absolute atomic E-state index is 12.1. The molecule has 8 heteroatoms. The highest BCUT2D eigenvalue weighted by atomic mass is 16.4. The van der Waals surface area contributed by atoms with Gasteiger partial charge in [0.25, 0.3) is 5.56 Å². The van der Waals surface area contributed by atoms with Crippen LogP contribution in [0.1, 0.15) is 6.92 Å². The van der Waals surface area contributed by atoms with Crippen LogP contribution in [0.4, 0.5) is 0 Å². The smallest absolute Gasteiger partial charge is 0.332 e. The second kappa shape index (κ2) is 4.38. The zero-order valence-electron chi connectivity index (χ0n) is 10.8. The van der Waals surface area contributed by atoms with Gasteiger partial charge in [-0.15, -0.1) is 0 Å².